The molecule has 1 aromatic carbocycles. The van der Waals surface area contributed by atoms with Crippen LogP contribution < -0.4 is 11.1 Å². The van der Waals surface area contributed by atoms with Crippen molar-refractivity contribution in [1.29, 1.82) is 0 Å². The molecule has 3 heterocycles. The van der Waals surface area contributed by atoms with Crippen LogP contribution >= 0.6 is 0 Å². The fourth-order valence-electron chi connectivity index (χ4n) is 3.96. The highest BCUT2D eigenvalue weighted by atomic mass is 19.4. The van der Waals surface area contributed by atoms with Crippen LogP contribution in [0.15, 0.2) is 36.8 Å². The Morgan fingerprint density at radius 3 is 2.37 bits per heavy atom. The summed E-state index contributed by atoms with van der Waals surface area (Å²) in [5.74, 6) is -5.65. The first-order valence-electron chi connectivity index (χ1n) is 11.0. The number of nitrogens with two attached hydrogens (primary N) is 1. The highest BCUT2D eigenvalue weighted by molar-refractivity contribution is 5.77. The SMILES string of the molecule is CC(C)(c1ccc(F)cc1)c1c(N)nc(-c2cn3ncnc3c(CCC(F)(F)C(F)(F)F)n2)nc1NC=O. The predicted octanol–water partition coefficient (Wildman–Crippen LogP) is 4.33. The van der Waals surface area contributed by atoms with Crippen molar-refractivity contribution in [2.24, 2.45) is 0 Å². The third kappa shape index (κ3) is 4.95. The molecule has 0 bridgehead atoms. The number of halogens is 6. The molecule has 15 heteroatoms. The van der Waals surface area contributed by atoms with Crippen molar-refractivity contribution < 1.29 is 31.1 Å². The Labute approximate surface area is 211 Å². The zero-order chi connectivity index (χ0) is 27.9. The van der Waals surface area contributed by atoms with Crippen molar-refractivity contribution in [2.75, 3.05) is 11.1 Å². The van der Waals surface area contributed by atoms with Gasteiger partial charge in [-0.25, -0.2) is 28.8 Å². The smallest absolute Gasteiger partial charge is 0.383 e. The second kappa shape index (κ2) is 9.54. The Morgan fingerprint density at radius 2 is 1.74 bits per heavy atom. The largest absolute Gasteiger partial charge is 0.453 e. The van der Waals surface area contributed by atoms with Gasteiger partial charge < -0.3 is 11.1 Å². The molecule has 0 aliphatic heterocycles. The molecule has 0 atom stereocenters. The molecular weight excluding hydrogens is 518 g/mol. The molecule has 1 amide bonds. The molecule has 0 aliphatic rings. The molecule has 38 heavy (non-hydrogen) atoms. The molecule has 0 spiro atoms. The van der Waals surface area contributed by atoms with E-state index >= 15 is 0 Å². The van der Waals surface area contributed by atoms with E-state index in [2.05, 4.69) is 30.4 Å². The van der Waals surface area contributed by atoms with Gasteiger partial charge in [-0.15, -0.1) is 0 Å². The first-order chi connectivity index (χ1) is 17.7. The highest BCUT2D eigenvalue weighted by Crippen LogP contribution is 2.40. The van der Waals surface area contributed by atoms with Gasteiger partial charge in [0.25, 0.3) is 0 Å². The number of aromatic nitrogens is 6. The standard InChI is InChI=1S/C23H20F6N8O/c1-21(2,12-3-5-13(24)6-4-12)16-17(30)35-18(36-19(16)32-11-38)15-9-37-20(31-10-33-37)14(34-15)7-8-22(25,26)23(27,28)29/h3-6,9-11H,7-8H2,1-2H3,(H3,30,32,35,36,38). The Balaban J connectivity index is 1.80. The van der Waals surface area contributed by atoms with E-state index in [0.717, 1.165) is 10.8 Å². The van der Waals surface area contributed by atoms with Gasteiger partial charge in [0.05, 0.1) is 11.9 Å². The van der Waals surface area contributed by atoms with E-state index in [1.807, 2.05) is 0 Å². The Morgan fingerprint density at radius 1 is 1.05 bits per heavy atom. The Kier molecular flexibility index (Phi) is 6.71. The van der Waals surface area contributed by atoms with Crippen molar-refractivity contribution in [1.82, 2.24) is 29.5 Å². The van der Waals surface area contributed by atoms with Crippen LogP contribution in [0.5, 0.6) is 0 Å². The van der Waals surface area contributed by atoms with Gasteiger partial charge in [-0.05, 0) is 24.1 Å². The van der Waals surface area contributed by atoms with Gasteiger partial charge in [0.2, 0.25) is 6.41 Å². The van der Waals surface area contributed by atoms with Crippen molar-refractivity contribution in [3.8, 4) is 11.5 Å². The number of nitrogens with one attached hydrogen (secondary N) is 1. The normalized spacial score (nSPS) is 12.6. The lowest BCUT2D eigenvalue weighted by molar-refractivity contribution is -0.284. The predicted molar refractivity (Wildman–Crippen MR) is 124 cm³/mol. The monoisotopic (exact) mass is 538 g/mol. The van der Waals surface area contributed by atoms with E-state index in [1.165, 1.54) is 30.5 Å². The number of carbonyl (C=O) groups excluding carboxylic acids is 1. The van der Waals surface area contributed by atoms with Crippen LogP contribution in [0.3, 0.4) is 0 Å². The van der Waals surface area contributed by atoms with Crippen LogP contribution in [-0.4, -0.2) is 48.1 Å². The van der Waals surface area contributed by atoms with Gasteiger partial charge in [-0.1, -0.05) is 26.0 Å². The lowest BCUT2D eigenvalue weighted by Gasteiger charge is -2.28. The molecule has 0 radical (unpaired) electrons. The lowest BCUT2D eigenvalue weighted by atomic mass is 9.78. The minimum atomic E-state index is -5.73. The molecule has 3 N–H and O–H groups in total. The van der Waals surface area contributed by atoms with Crippen LogP contribution in [0.1, 0.15) is 37.1 Å². The van der Waals surface area contributed by atoms with Crippen LogP contribution in [0.2, 0.25) is 0 Å². The maximum Gasteiger partial charge on any atom is 0.453 e. The van der Waals surface area contributed by atoms with Crippen LogP contribution in [0.25, 0.3) is 17.2 Å². The summed E-state index contributed by atoms with van der Waals surface area (Å²) < 4.78 is 79.8. The van der Waals surface area contributed by atoms with Crippen LogP contribution in [0.4, 0.5) is 38.0 Å². The molecule has 4 rings (SSSR count). The third-order valence-electron chi connectivity index (χ3n) is 5.97. The van der Waals surface area contributed by atoms with E-state index in [-0.39, 0.29) is 34.5 Å². The fourth-order valence-corrected chi connectivity index (χ4v) is 3.96. The van der Waals surface area contributed by atoms with Gasteiger partial charge in [0.15, 0.2) is 11.5 Å². The number of nitrogens with zero attached hydrogens (tertiary/aromatic N) is 6. The average Bonchev–Trinajstić information content (AvgIpc) is 3.31. The Bertz CT molecular complexity index is 1480. The van der Waals surface area contributed by atoms with Crippen molar-refractivity contribution >= 4 is 23.7 Å². The first kappa shape index (κ1) is 26.8. The molecule has 200 valence electrons. The van der Waals surface area contributed by atoms with Crippen LogP contribution in [0, 0.1) is 5.82 Å². The summed E-state index contributed by atoms with van der Waals surface area (Å²) in [5.41, 5.74) is 5.98. The second-order valence-electron chi connectivity index (χ2n) is 8.85. The van der Waals surface area contributed by atoms with E-state index in [0.29, 0.717) is 17.5 Å². The number of hydrogen-bond donors (Lipinski definition) is 2. The van der Waals surface area contributed by atoms with Gasteiger partial charge in [-0.3, -0.25) is 4.79 Å². The number of anilines is 2. The van der Waals surface area contributed by atoms with Crippen molar-refractivity contribution in [3.05, 3.63) is 59.4 Å². The molecular formula is C23H20F6N8O. The molecule has 9 nitrogen and oxygen atoms in total. The van der Waals surface area contributed by atoms with Gasteiger partial charge in [-0.2, -0.15) is 27.1 Å². The van der Waals surface area contributed by atoms with Crippen molar-refractivity contribution in [3.63, 3.8) is 0 Å². The molecule has 4 aromatic rings. The summed E-state index contributed by atoms with van der Waals surface area (Å²) in [6, 6.07) is 5.60. The lowest BCUT2D eigenvalue weighted by Crippen LogP contribution is -2.36. The average molecular weight is 538 g/mol. The van der Waals surface area contributed by atoms with Gasteiger partial charge in [0, 0.05) is 17.4 Å². The summed E-state index contributed by atoms with van der Waals surface area (Å²) in [6.45, 7) is 3.51. The molecule has 0 saturated carbocycles. The number of benzene rings is 1. The summed E-state index contributed by atoms with van der Waals surface area (Å²) >= 11 is 0. The fraction of sp³-hybridized carbons (Fsp3) is 0.304. The number of nitrogen functional groups attached to an aromatic ring is 1. The number of aryl methyl sites for hydroxylation is 1. The molecule has 0 fully saturated rings. The zero-order valence-electron chi connectivity index (χ0n) is 19.9. The van der Waals surface area contributed by atoms with Crippen molar-refractivity contribution in [2.45, 2.75) is 44.2 Å². The third-order valence-corrected chi connectivity index (χ3v) is 5.97. The topological polar surface area (TPSA) is 124 Å². The first-order valence-corrected chi connectivity index (χ1v) is 11.0. The molecule has 0 saturated heterocycles. The summed E-state index contributed by atoms with van der Waals surface area (Å²) in [5, 5.41) is 6.36. The number of hydrogen-bond acceptors (Lipinski definition) is 7. The maximum absolute atomic E-state index is 13.6. The van der Waals surface area contributed by atoms with Gasteiger partial charge >= 0.3 is 12.1 Å². The number of fused-ring (bicyclic) bond motifs is 1. The number of carbonyl (C=O) groups is 1. The molecule has 3 aromatic heterocycles. The summed E-state index contributed by atoms with van der Waals surface area (Å²) in [6.07, 6.45) is -5.36. The molecule has 0 unspecified atom stereocenters. The number of alkyl halides is 5. The summed E-state index contributed by atoms with van der Waals surface area (Å²) in [7, 11) is 0. The Hall–Kier alpha value is -4.30. The van der Waals surface area contributed by atoms with Gasteiger partial charge in [0.1, 0.15) is 29.5 Å². The number of amides is 1. The quantitative estimate of drug-likeness (QED) is 0.253. The van der Waals surface area contributed by atoms with E-state index < -0.39 is 36.2 Å². The van der Waals surface area contributed by atoms with Crippen LogP contribution in [-0.2, 0) is 16.6 Å². The summed E-state index contributed by atoms with van der Waals surface area (Å²) in [4.78, 5) is 28.0. The second-order valence-corrected chi connectivity index (χ2v) is 8.85. The zero-order valence-corrected chi connectivity index (χ0v) is 19.9. The highest BCUT2D eigenvalue weighted by Gasteiger charge is 2.56. The maximum atomic E-state index is 13.6. The molecule has 0 aliphatic carbocycles. The minimum Gasteiger partial charge on any atom is -0.383 e. The number of rotatable bonds is 8. The van der Waals surface area contributed by atoms with E-state index in [1.54, 1.807) is 13.8 Å². The van der Waals surface area contributed by atoms with E-state index in [9.17, 15) is 31.1 Å². The van der Waals surface area contributed by atoms with E-state index in [4.69, 9.17) is 5.73 Å². The minimum absolute atomic E-state index is 0.0116.